The summed E-state index contributed by atoms with van der Waals surface area (Å²) in [6, 6.07) is 3.94. The molecule has 2 aromatic rings. The van der Waals surface area contributed by atoms with Gasteiger partial charge in [0.1, 0.15) is 17.3 Å². The molecule has 2 rings (SSSR count). The van der Waals surface area contributed by atoms with Gasteiger partial charge in [-0.3, -0.25) is 5.41 Å². The zero-order valence-electron chi connectivity index (χ0n) is 10.5. The van der Waals surface area contributed by atoms with E-state index in [1.165, 1.54) is 23.6 Å². The molecule has 0 aliphatic carbocycles. The minimum atomic E-state index is -4.52. The Bertz CT molecular complexity index is 654. The van der Waals surface area contributed by atoms with Crippen molar-refractivity contribution in [3.8, 4) is 0 Å². The fourth-order valence-corrected chi connectivity index (χ4v) is 2.05. The van der Waals surface area contributed by atoms with E-state index in [1.807, 2.05) is 0 Å². The second-order valence-corrected chi connectivity index (χ2v) is 4.87. The number of hydrogen-bond acceptors (Lipinski definition) is 5. The van der Waals surface area contributed by atoms with Gasteiger partial charge in [-0.2, -0.15) is 13.2 Å². The minimum absolute atomic E-state index is 0.00896. The van der Waals surface area contributed by atoms with Gasteiger partial charge in [0.25, 0.3) is 0 Å². The molecule has 1 N–H and O–H groups in total. The first-order chi connectivity index (χ1) is 9.88. The first kappa shape index (κ1) is 15.2. The molecule has 0 unspecified atom stereocenters. The lowest BCUT2D eigenvalue weighted by Gasteiger charge is -2.08. The average Bonchev–Trinajstić information content (AvgIpc) is 2.98. The van der Waals surface area contributed by atoms with Crippen LogP contribution in [0.5, 0.6) is 0 Å². The number of aromatic nitrogens is 1. The lowest BCUT2D eigenvalue weighted by molar-refractivity contribution is -0.137. The van der Waals surface area contributed by atoms with Gasteiger partial charge in [0, 0.05) is 11.6 Å². The van der Waals surface area contributed by atoms with Crippen molar-refractivity contribution >= 4 is 23.0 Å². The summed E-state index contributed by atoms with van der Waals surface area (Å²) in [5.41, 5.74) is -1.14. The van der Waals surface area contributed by atoms with E-state index in [2.05, 4.69) is 4.98 Å². The Morgan fingerprint density at radius 2 is 2.14 bits per heavy atom. The maximum atomic E-state index is 12.5. The SMILES string of the molecule is N=C(COC(=O)c1cccc(C(F)(F)F)c1)c1nccs1. The molecule has 0 atom stereocenters. The van der Waals surface area contributed by atoms with Crippen molar-refractivity contribution in [3.63, 3.8) is 0 Å². The van der Waals surface area contributed by atoms with E-state index in [9.17, 15) is 18.0 Å². The van der Waals surface area contributed by atoms with Crippen molar-refractivity contribution in [3.05, 3.63) is 52.0 Å². The molecule has 0 radical (unpaired) electrons. The molecule has 0 saturated heterocycles. The third kappa shape index (κ3) is 3.88. The first-order valence-electron chi connectivity index (χ1n) is 5.69. The van der Waals surface area contributed by atoms with E-state index in [1.54, 1.807) is 5.38 Å². The number of esters is 1. The first-order valence-corrected chi connectivity index (χ1v) is 6.57. The second-order valence-electron chi connectivity index (χ2n) is 3.97. The molecule has 0 spiro atoms. The molecule has 0 amide bonds. The lowest BCUT2D eigenvalue weighted by Crippen LogP contribution is -2.15. The highest BCUT2D eigenvalue weighted by molar-refractivity contribution is 7.11. The summed E-state index contributed by atoms with van der Waals surface area (Å²) in [6.45, 7) is -0.345. The molecule has 0 aliphatic heterocycles. The van der Waals surface area contributed by atoms with Crippen molar-refractivity contribution in [1.82, 2.24) is 4.98 Å². The Hall–Kier alpha value is -2.22. The molecule has 4 nitrogen and oxygen atoms in total. The van der Waals surface area contributed by atoms with Crippen LogP contribution in [0.3, 0.4) is 0 Å². The fraction of sp³-hybridized carbons (Fsp3) is 0.154. The number of halogens is 3. The Kier molecular flexibility index (Phi) is 4.37. The van der Waals surface area contributed by atoms with E-state index in [0.29, 0.717) is 5.01 Å². The maximum Gasteiger partial charge on any atom is 0.416 e. The highest BCUT2D eigenvalue weighted by Crippen LogP contribution is 2.29. The Labute approximate surface area is 121 Å². The van der Waals surface area contributed by atoms with Crippen LogP contribution in [-0.2, 0) is 10.9 Å². The van der Waals surface area contributed by atoms with Gasteiger partial charge < -0.3 is 4.74 Å². The molecule has 1 aromatic carbocycles. The van der Waals surface area contributed by atoms with Crippen molar-refractivity contribution < 1.29 is 22.7 Å². The molecular formula is C13H9F3N2O2S. The van der Waals surface area contributed by atoms with Crippen molar-refractivity contribution in [2.45, 2.75) is 6.18 Å². The number of alkyl halides is 3. The van der Waals surface area contributed by atoms with E-state index >= 15 is 0 Å². The molecule has 1 heterocycles. The number of nitrogens with one attached hydrogen (secondary N) is 1. The summed E-state index contributed by atoms with van der Waals surface area (Å²) >= 11 is 1.21. The molecular weight excluding hydrogens is 305 g/mol. The van der Waals surface area contributed by atoms with Crippen LogP contribution in [0.1, 0.15) is 20.9 Å². The highest BCUT2D eigenvalue weighted by atomic mass is 32.1. The number of nitrogens with zero attached hydrogens (tertiary/aromatic N) is 1. The molecule has 1 aromatic heterocycles. The van der Waals surface area contributed by atoms with Gasteiger partial charge >= 0.3 is 12.1 Å². The number of thiazole rings is 1. The highest BCUT2D eigenvalue weighted by Gasteiger charge is 2.31. The number of benzene rings is 1. The number of carbonyl (C=O) groups is 1. The van der Waals surface area contributed by atoms with Crippen LogP contribution < -0.4 is 0 Å². The second kappa shape index (κ2) is 6.04. The van der Waals surface area contributed by atoms with E-state index in [-0.39, 0.29) is 17.9 Å². The van der Waals surface area contributed by atoms with Gasteiger partial charge in [0.15, 0.2) is 0 Å². The number of carbonyl (C=O) groups excluding carboxylic acids is 1. The molecule has 0 bridgehead atoms. The van der Waals surface area contributed by atoms with Gasteiger partial charge in [-0.1, -0.05) is 6.07 Å². The Morgan fingerprint density at radius 3 is 2.76 bits per heavy atom. The van der Waals surface area contributed by atoms with Gasteiger partial charge in [-0.25, -0.2) is 9.78 Å². The maximum absolute atomic E-state index is 12.5. The van der Waals surface area contributed by atoms with Crippen LogP contribution in [0.15, 0.2) is 35.8 Å². The predicted octanol–water partition coefficient (Wildman–Crippen LogP) is 3.39. The summed E-state index contributed by atoms with van der Waals surface area (Å²) in [7, 11) is 0. The summed E-state index contributed by atoms with van der Waals surface area (Å²) < 4.78 is 42.4. The molecule has 21 heavy (non-hydrogen) atoms. The van der Waals surface area contributed by atoms with E-state index < -0.39 is 17.7 Å². The monoisotopic (exact) mass is 314 g/mol. The molecule has 8 heteroatoms. The van der Waals surface area contributed by atoms with Crippen molar-refractivity contribution in [2.75, 3.05) is 6.61 Å². The molecule has 110 valence electrons. The largest absolute Gasteiger partial charge is 0.455 e. The van der Waals surface area contributed by atoms with Crippen LogP contribution in [0.25, 0.3) is 0 Å². The summed E-state index contributed by atoms with van der Waals surface area (Å²) in [4.78, 5) is 15.6. The van der Waals surface area contributed by atoms with Crippen molar-refractivity contribution in [2.24, 2.45) is 0 Å². The third-order valence-electron chi connectivity index (χ3n) is 2.46. The predicted molar refractivity (Wildman–Crippen MR) is 70.7 cm³/mol. The summed E-state index contributed by atoms with van der Waals surface area (Å²) in [6.07, 6.45) is -3.02. The van der Waals surface area contributed by atoms with Gasteiger partial charge in [-0.15, -0.1) is 11.3 Å². The smallest absolute Gasteiger partial charge is 0.416 e. The quantitative estimate of drug-likeness (QED) is 0.695. The number of ether oxygens (including phenoxy) is 1. The Balaban J connectivity index is 2.02. The van der Waals surface area contributed by atoms with Crippen LogP contribution in [0.2, 0.25) is 0 Å². The molecule has 0 saturated carbocycles. The standard InChI is InChI=1S/C13H9F3N2O2S/c14-13(15,16)9-3-1-2-8(6-9)12(19)20-7-10(17)11-18-4-5-21-11/h1-6,17H,7H2. The fourth-order valence-electron chi connectivity index (χ4n) is 1.48. The molecule has 0 fully saturated rings. The van der Waals surface area contributed by atoms with Crippen LogP contribution in [0, 0.1) is 5.41 Å². The van der Waals surface area contributed by atoms with Gasteiger partial charge in [0.05, 0.1) is 11.1 Å². The number of rotatable bonds is 4. The van der Waals surface area contributed by atoms with Crippen LogP contribution >= 0.6 is 11.3 Å². The third-order valence-corrected chi connectivity index (χ3v) is 3.30. The van der Waals surface area contributed by atoms with Gasteiger partial charge in [0.2, 0.25) is 0 Å². The lowest BCUT2D eigenvalue weighted by atomic mass is 10.1. The zero-order chi connectivity index (χ0) is 15.5. The topological polar surface area (TPSA) is 63.0 Å². The van der Waals surface area contributed by atoms with Crippen LogP contribution in [-0.4, -0.2) is 23.3 Å². The van der Waals surface area contributed by atoms with E-state index in [4.69, 9.17) is 10.1 Å². The normalized spacial score (nSPS) is 11.2. The average molecular weight is 314 g/mol. The summed E-state index contributed by atoms with van der Waals surface area (Å²) in [5, 5.41) is 9.69. The minimum Gasteiger partial charge on any atom is -0.455 e. The van der Waals surface area contributed by atoms with Gasteiger partial charge in [-0.05, 0) is 18.2 Å². The van der Waals surface area contributed by atoms with E-state index in [0.717, 1.165) is 18.2 Å². The summed E-state index contributed by atoms with van der Waals surface area (Å²) in [5.74, 6) is -0.914. The Morgan fingerprint density at radius 1 is 1.38 bits per heavy atom. The molecule has 0 aliphatic rings. The van der Waals surface area contributed by atoms with Crippen molar-refractivity contribution in [1.29, 1.82) is 5.41 Å². The zero-order valence-corrected chi connectivity index (χ0v) is 11.3. The van der Waals surface area contributed by atoms with Crippen LogP contribution in [0.4, 0.5) is 13.2 Å². The number of hydrogen-bond donors (Lipinski definition) is 1.